The van der Waals surface area contributed by atoms with E-state index < -0.39 is 57.2 Å². The fourth-order valence-corrected chi connectivity index (χ4v) is 9.55. The molecule has 4 rings (SSSR count). The lowest BCUT2D eigenvalue weighted by molar-refractivity contribution is -0.249. The number of aliphatic hydroxyl groups is 3. The summed E-state index contributed by atoms with van der Waals surface area (Å²) in [5.74, 6) is -3.73. The van der Waals surface area contributed by atoms with E-state index in [9.17, 15) is 24.5 Å². The summed E-state index contributed by atoms with van der Waals surface area (Å²) in [6.07, 6.45) is -0.602. The summed E-state index contributed by atoms with van der Waals surface area (Å²) in [5.41, 5.74) is -4.30. The number of hydrogen-bond acceptors (Lipinski definition) is 5. The first-order valence-corrected chi connectivity index (χ1v) is 12.7. The van der Waals surface area contributed by atoms with Gasteiger partial charge in [-0.1, -0.05) is 27.2 Å². The molecule has 0 bridgehead atoms. The number of allylic oxidation sites excluding steroid dienone is 1. The second-order valence-electron chi connectivity index (χ2n) is 10.9. The molecule has 3 fully saturated rings. The van der Waals surface area contributed by atoms with Crippen LogP contribution in [-0.4, -0.2) is 55.6 Å². The normalized spacial score (nSPS) is 48.7. The van der Waals surface area contributed by atoms with Gasteiger partial charge < -0.3 is 15.3 Å². The Morgan fingerprint density at radius 2 is 1.94 bits per heavy atom. The molecule has 4 aliphatic carbocycles. The van der Waals surface area contributed by atoms with Gasteiger partial charge in [0.1, 0.15) is 17.8 Å². The van der Waals surface area contributed by atoms with Crippen LogP contribution in [0.25, 0.3) is 0 Å². The van der Waals surface area contributed by atoms with Crippen LogP contribution in [0, 0.1) is 22.7 Å². The Labute approximate surface area is 192 Å². The molecule has 0 spiro atoms. The molecule has 182 valence electrons. The van der Waals surface area contributed by atoms with Gasteiger partial charge in [0.15, 0.2) is 11.6 Å². The molecule has 0 radical (unpaired) electrons. The number of ketones is 1. The summed E-state index contributed by atoms with van der Waals surface area (Å²) in [6, 6.07) is -0.838. The standard InChI is InChI=1S/C24H35F3O4S/c1-4-7-23(30,31)22(32-13-25)9-6-15-16-11-18(26)17-10-14(28)5-8-20(17,2)24(16,27)19(29)12-21(15,22)3/h10,15-16,18-19,29-31H,4-9,11-13H2,1-3H3/t15-,16-,18?,19?,20-,21-,22?,24+/m0/s1. The van der Waals surface area contributed by atoms with E-state index in [0.29, 0.717) is 12.8 Å². The number of carbonyl (C=O) groups is 1. The van der Waals surface area contributed by atoms with Crippen molar-refractivity contribution in [3.8, 4) is 0 Å². The van der Waals surface area contributed by atoms with Crippen molar-refractivity contribution in [2.75, 3.05) is 6.01 Å². The number of fused-ring (bicyclic) bond motifs is 5. The third-order valence-electron chi connectivity index (χ3n) is 9.69. The summed E-state index contributed by atoms with van der Waals surface area (Å²) in [6.45, 7) is 5.21. The van der Waals surface area contributed by atoms with Gasteiger partial charge in [-0.05, 0) is 55.1 Å². The second-order valence-corrected chi connectivity index (χ2v) is 12.1. The molecule has 0 aromatic rings. The first-order valence-electron chi connectivity index (χ1n) is 11.8. The number of aliphatic hydroxyl groups excluding tert-OH is 1. The summed E-state index contributed by atoms with van der Waals surface area (Å²) in [7, 11) is 0. The van der Waals surface area contributed by atoms with Gasteiger partial charge in [-0.25, -0.2) is 13.2 Å². The SMILES string of the molecule is CCCC(O)(O)C1(SCF)CC[C@H]2[C@@H]3CC(F)C4=CC(=O)CC[C@]4(C)[C@]3(F)C(O)C[C@@]21C. The van der Waals surface area contributed by atoms with Gasteiger partial charge in [-0.15, -0.1) is 11.8 Å². The van der Waals surface area contributed by atoms with E-state index in [1.165, 1.54) is 6.08 Å². The molecule has 0 heterocycles. The molecule has 0 aliphatic heterocycles. The van der Waals surface area contributed by atoms with Crippen LogP contribution >= 0.6 is 11.8 Å². The van der Waals surface area contributed by atoms with Gasteiger partial charge in [-0.2, -0.15) is 0 Å². The minimum absolute atomic E-state index is 0.0300. The van der Waals surface area contributed by atoms with Crippen molar-refractivity contribution >= 4 is 17.5 Å². The Morgan fingerprint density at radius 3 is 2.56 bits per heavy atom. The zero-order chi connectivity index (χ0) is 23.7. The van der Waals surface area contributed by atoms with E-state index in [1.54, 1.807) is 20.8 Å². The number of alkyl halides is 3. The van der Waals surface area contributed by atoms with E-state index in [4.69, 9.17) is 0 Å². The number of carbonyl (C=O) groups excluding carboxylic acids is 1. The molecule has 0 amide bonds. The van der Waals surface area contributed by atoms with Crippen LogP contribution in [0.1, 0.15) is 72.1 Å². The predicted molar refractivity (Wildman–Crippen MR) is 117 cm³/mol. The van der Waals surface area contributed by atoms with Crippen molar-refractivity contribution in [1.29, 1.82) is 0 Å². The molecule has 4 nitrogen and oxygen atoms in total. The highest BCUT2D eigenvalue weighted by Gasteiger charge is 2.77. The maximum atomic E-state index is 17.1. The predicted octanol–water partition coefficient (Wildman–Crippen LogP) is 4.41. The van der Waals surface area contributed by atoms with Crippen molar-refractivity contribution in [2.24, 2.45) is 22.7 Å². The van der Waals surface area contributed by atoms with Crippen LogP contribution < -0.4 is 0 Å². The summed E-state index contributed by atoms with van der Waals surface area (Å²) in [4.78, 5) is 12.0. The monoisotopic (exact) mass is 476 g/mol. The molecule has 0 aromatic carbocycles. The van der Waals surface area contributed by atoms with Crippen LogP contribution in [0.4, 0.5) is 13.2 Å². The lowest BCUT2D eigenvalue weighted by Gasteiger charge is -2.65. The summed E-state index contributed by atoms with van der Waals surface area (Å²) < 4.78 is 45.0. The zero-order valence-corrected chi connectivity index (χ0v) is 19.9. The molecule has 32 heavy (non-hydrogen) atoms. The van der Waals surface area contributed by atoms with Crippen LogP contribution in [-0.2, 0) is 4.79 Å². The lowest BCUT2D eigenvalue weighted by atomic mass is 9.43. The third kappa shape index (κ3) is 2.85. The highest BCUT2D eigenvalue weighted by atomic mass is 32.2. The number of thioether (sulfide) groups is 1. The van der Waals surface area contributed by atoms with Crippen molar-refractivity contribution < 1.29 is 33.3 Å². The number of rotatable bonds is 5. The maximum absolute atomic E-state index is 17.1. The Morgan fingerprint density at radius 1 is 1.25 bits per heavy atom. The van der Waals surface area contributed by atoms with E-state index in [1.807, 2.05) is 0 Å². The molecule has 8 heteroatoms. The average Bonchev–Trinajstić information content (AvgIpc) is 3.00. The molecule has 3 N–H and O–H groups in total. The van der Waals surface area contributed by atoms with Crippen LogP contribution in [0.5, 0.6) is 0 Å². The van der Waals surface area contributed by atoms with Crippen LogP contribution in [0.15, 0.2) is 11.6 Å². The maximum Gasteiger partial charge on any atom is 0.178 e. The minimum Gasteiger partial charge on any atom is -0.390 e. The fraction of sp³-hybridized carbons (Fsp3) is 0.875. The van der Waals surface area contributed by atoms with Crippen LogP contribution in [0.3, 0.4) is 0 Å². The summed E-state index contributed by atoms with van der Waals surface area (Å²) in [5, 5.41) is 33.6. The smallest absolute Gasteiger partial charge is 0.178 e. The van der Waals surface area contributed by atoms with Crippen LogP contribution in [0.2, 0.25) is 0 Å². The molecule has 0 saturated heterocycles. The van der Waals surface area contributed by atoms with Crippen molar-refractivity contribution in [2.45, 2.75) is 101 Å². The van der Waals surface area contributed by atoms with E-state index >= 15 is 8.78 Å². The van der Waals surface area contributed by atoms with Crippen molar-refractivity contribution in [3.05, 3.63) is 11.6 Å². The topological polar surface area (TPSA) is 77.8 Å². The average molecular weight is 477 g/mol. The summed E-state index contributed by atoms with van der Waals surface area (Å²) >= 11 is 0.831. The molecule has 8 atom stereocenters. The first-order chi connectivity index (χ1) is 14.8. The number of halogens is 3. The first kappa shape index (κ1) is 24.6. The quantitative estimate of drug-likeness (QED) is 0.513. The van der Waals surface area contributed by atoms with Gasteiger partial charge in [0.2, 0.25) is 0 Å². The van der Waals surface area contributed by atoms with E-state index in [-0.39, 0.29) is 49.9 Å². The molecule has 0 aromatic heterocycles. The second kappa shape index (κ2) is 7.72. The van der Waals surface area contributed by atoms with Gasteiger partial charge in [-0.3, -0.25) is 4.79 Å². The Kier molecular flexibility index (Phi) is 5.92. The van der Waals surface area contributed by atoms with Gasteiger partial charge in [0.25, 0.3) is 0 Å². The minimum atomic E-state index is -2.20. The van der Waals surface area contributed by atoms with Crippen molar-refractivity contribution in [3.63, 3.8) is 0 Å². The lowest BCUT2D eigenvalue weighted by Crippen LogP contribution is -2.71. The van der Waals surface area contributed by atoms with Gasteiger partial charge in [0.05, 0.1) is 10.9 Å². The van der Waals surface area contributed by atoms with E-state index in [0.717, 1.165) is 11.8 Å². The Balaban J connectivity index is 1.83. The Hall–Kier alpha value is -0.570. The molecule has 4 aliphatic rings. The fourth-order valence-electron chi connectivity index (χ4n) is 8.20. The molecular weight excluding hydrogens is 441 g/mol. The molecular formula is C24H35F3O4S. The Bertz CT molecular complexity index is 821. The zero-order valence-electron chi connectivity index (χ0n) is 19.0. The highest BCUT2D eigenvalue weighted by molar-refractivity contribution is 8.00. The molecule has 3 unspecified atom stereocenters. The molecule has 3 saturated carbocycles. The highest BCUT2D eigenvalue weighted by Crippen LogP contribution is 2.74. The largest absolute Gasteiger partial charge is 0.390 e. The number of hydrogen-bond donors (Lipinski definition) is 3. The van der Waals surface area contributed by atoms with Crippen molar-refractivity contribution in [1.82, 2.24) is 0 Å². The van der Waals surface area contributed by atoms with Gasteiger partial charge >= 0.3 is 0 Å². The van der Waals surface area contributed by atoms with E-state index in [2.05, 4.69) is 0 Å². The van der Waals surface area contributed by atoms with Gasteiger partial charge in [0, 0.05) is 24.2 Å². The third-order valence-corrected chi connectivity index (χ3v) is 11.3.